The van der Waals surface area contributed by atoms with Crippen LogP contribution in [0.25, 0.3) is 11.1 Å². The van der Waals surface area contributed by atoms with Crippen LogP contribution in [0.3, 0.4) is 0 Å². The van der Waals surface area contributed by atoms with Crippen LogP contribution in [0.1, 0.15) is 30.9 Å². The molecule has 1 aliphatic heterocycles. The van der Waals surface area contributed by atoms with E-state index in [0.717, 1.165) is 12.8 Å². The molecule has 0 bridgehead atoms. The molecule has 0 radical (unpaired) electrons. The maximum atomic E-state index is 12.9. The van der Waals surface area contributed by atoms with Crippen LogP contribution in [0, 0.1) is 0 Å². The van der Waals surface area contributed by atoms with E-state index >= 15 is 0 Å². The minimum atomic E-state index is -0.711. The first kappa shape index (κ1) is 20.2. The number of methoxy groups -OCH3 is 1. The van der Waals surface area contributed by atoms with Gasteiger partial charge in [-0.15, -0.1) is 0 Å². The summed E-state index contributed by atoms with van der Waals surface area (Å²) in [4.78, 5) is 25.4. The predicted molar refractivity (Wildman–Crippen MR) is 110 cm³/mol. The SMILES string of the molecule is CCCCNC(=O)/C(=C1/OC(=O)C(c2ccc(OC)cc2)=C1O)c1ccccc1. The average Bonchev–Trinajstić information content (AvgIpc) is 3.03. The first-order valence-electron chi connectivity index (χ1n) is 9.45. The van der Waals surface area contributed by atoms with Gasteiger partial charge >= 0.3 is 5.97 Å². The van der Waals surface area contributed by atoms with E-state index in [-0.39, 0.29) is 22.7 Å². The van der Waals surface area contributed by atoms with Gasteiger partial charge in [0.05, 0.1) is 12.7 Å². The Hall–Kier alpha value is -3.54. The predicted octanol–water partition coefficient (Wildman–Crippen LogP) is 3.85. The summed E-state index contributed by atoms with van der Waals surface area (Å²) in [5.41, 5.74) is 1.16. The number of hydrogen-bond acceptors (Lipinski definition) is 5. The number of aliphatic hydroxyl groups excluding tert-OH is 1. The molecular weight excluding hydrogens is 370 g/mol. The second-order valence-electron chi connectivity index (χ2n) is 6.52. The second-order valence-corrected chi connectivity index (χ2v) is 6.52. The third-order valence-corrected chi connectivity index (χ3v) is 4.56. The van der Waals surface area contributed by atoms with E-state index in [1.54, 1.807) is 55.6 Å². The first-order valence-corrected chi connectivity index (χ1v) is 9.45. The van der Waals surface area contributed by atoms with Crippen LogP contribution in [0.15, 0.2) is 66.1 Å². The van der Waals surface area contributed by atoms with Crippen molar-refractivity contribution < 1.29 is 24.2 Å². The van der Waals surface area contributed by atoms with Crippen LogP contribution < -0.4 is 10.1 Å². The van der Waals surface area contributed by atoms with Crippen molar-refractivity contribution in [1.82, 2.24) is 5.32 Å². The van der Waals surface area contributed by atoms with Gasteiger partial charge in [-0.1, -0.05) is 55.8 Å². The Bertz CT molecular complexity index is 959. The highest BCUT2D eigenvalue weighted by molar-refractivity contribution is 6.26. The Balaban J connectivity index is 2.08. The first-order chi connectivity index (χ1) is 14.1. The van der Waals surface area contributed by atoms with Crippen molar-refractivity contribution in [3.8, 4) is 5.75 Å². The van der Waals surface area contributed by atoms with Gasteiger partial charge in [0.25, 0.3) is 5.91 Å². The van der Waals surface area contributed by atoms with Gasteiger partial charge < -0.3 is 19.9 Å². The lowest BCUT2D eigenvalue weighted by Crippen LogP contribution is -2.26. The fourth-order valence-electron chi connectivity index (χ4n) is 3.02. The van der Waals surface area contributed by atoms with Crippen LogP contribution in [0.4, 0.5) is 0 Å². The Kier molecular flexibility index (Phi) is 6.34. The molecule has 2 N–H and O–H groups in total. The van der Waals surface area contributed by atoms with Crippen molar-refractivity contribution in [3.05, 3.63) is 77.2 Å². The lowest BCUT2D eigenvalue weighted by Gasteiger charge is -2.11. The summed E-state index contributed by atoms with van der Waals surface area (Å²) in [5.74, 6) is -0.991. The number of carbonyl (C=O) groups is 2. The molecule has 0 atom stereocenters. The van der Waals surface area contributed by atoms with Gasteiger partial charge in [-0.25, -0.2) is 4.79 Å². The molecule has 0 aliphatic carbocycles. The number of rotatable bonds is 7. The largest absolute Gasteiger partial charge is 0.504 e. The van der Waals surface area contributed by atoms with Gasteiger partial charge in [-0.3, -0.25) is 4.79 Å². The highest BCUT2D eigenvalue weighted by Gasteiger charge is 2.35. The number of aliphatic hydroxyl groups is 1. The number of ether oxygens (including phenoxy) is 2. The minimum Gasteiger partial charge on any atom is -0.504 e. The van der Waals surface area contributed by atoms with Crippen LogP contribution in [0.2, 0.25) is 0 Å². The quantitative estimate of drug-likeness (QED) is 0.424. The van der Waals surface area contributed by atoms with Crippen molar-refractivity contribution in [2.75, 3.05) is 13.7 Å². The van der Waals surface area contributed by atoms with Crippen molar-refractivity contribution in [1.29, 1.82) is 0 Å². The summed E-state index contributed by atoms with van der Waals surface area (Å²) in [5, 5.41) is 13.6. The normalized spacial score (nSPS) is 15.2. The van der Waals surface area contributed by atoms with Crippen molar-refractivity contribution in [2.45, 2.75) is 19.8 Å². The molecule has 0 saturated heterocycles. The molecule has 2 aromatic rings. The van der Waals surface area contributed by atoms with Crippen LogP contribution in [-0.2, 0) is 14.3 Å². The molecular formula is C23H23NO5. The monoisotopic (exact) mass is 393 g/mol. The molecule has 6 nitrogen and oxygen atoms in total. The summed E-state index contributed by atoms with van der Waals surface area (Å²) in [6, 6.07) is 15.5. The Labute approximate surface area is 169 Å². The standard InChI is InChI=1S/C23H23NO5/c1-3-4-14-24-22(26)19(15-8-6-5-7-9-15)21-20(25)18(23(27)29-21)16-10-12-17(28-2)13-11-16/h5-13,25H,3-4,14H2,1-2H3,(H,24,26)/b21-19+. The molecule has 2 aromatic carbocycles. The molecule has 0 unspecified atom stereocenters. The smallest absolute Gasteiger partial charge is 0.348 e. The maximum Gasteiger partial charge on any atom is 0.348 e. The summed E-state index contributed by atoms with van der Waals surface area (Å²) in [6.07, 6.45) is 1.75. The van der Waals surface area contributed by atoms with E-state index in [2.05, 4.69) is 5.32 Å². The van der Waals surface area contributed by atoms with Crippen LogP contribution in [0.5, 0.6) is 5.75 Å². The number of hydrogen-bond donors (Lipinski definition) is 2. The molecule has 1 heterocycles. The molecule has 3 rings (SSSR count). The summed E-state index contributed by atoms with van der Waals surface area (Å²) in [6.45, 7) is 2.51. The van der Waals surface area contributed by atoms with E-state index in [1.807, 2.05) is 13.0 Å². The van der Waals surface area contributed by atoms with E-state index in [0.29, 0.717) is 23.4 Å². The van der Waals surface area contributed by atoms with Crippen LogP contribution >= 0.6 is 0 Å². The van der Waals surface area contributed by atoms with Crippen molar-refractivity contribution >= 4 is 23.0 Å². The number of nitrogens with one attached hydrogen (secondary N) is 1. The van der Waals surface area contributed by atoms with Gasteiger partial charge in [0, 0.05) is 6.54 Å². The zero-order valence-electron chi connectivity index (χ0n) is 16.4. The second kappa shape index (κ2) is 9.10. The van der Waals surface area contributed by atoms with Crippen molar-refractivity contribution in [3.63, 3.8) is 0 Å². The number of esters is 1. The van der Waals surface area contributed by atoms with Gasteiger partial charge in [0.2, 0.25) is 0 Å². The molecule has 1 amide bonds. The number of carbonyl (C=O) groups excluding carboxylic acids is 2. The lowest BCUT2D eigenvalue weighted by atomic mass is 10.0. The Morgan fingerprint density at radius 3 is 2.41 bits per heavy atom. The van der Waals surface area contributed by atoms with Crippen molar-refractivity contribution in [2.24, 2.45) is 0 Å². The van der Waals surface area contributed by atoms with Gasteiger partial charge in [0.15, 0.2) is 11.5 Å². The zero-order chi connectivity index (χ0) is 20.8. The van der Waals surface area contributed by atoms with Gasteiger partial charge in [-0.2, -0.15) is 0 Å². The molecule has 0 saturated carbocycles. The average molecular weight is 393 g/mol. The number of cyclic esters (lactones) is 1. The summed E-state index contributed by atoms with van der Waals surface area (Å²) >= 11 is 0. The summed E-state index contributed by atoms with van der Waals surface area (Å²) in [7, 11) is 1.54. The fourth-order valence-corrected chi connectivity index (χ4v) is 3.02. The van der Waals surface area contributed by atoms with Crippen LogP contribution in [-0.4, -0.2) is 30.6 Å². The number of benzene rings is 2. The third-order valence-electron chi connectivity index (χ3n) is 4.56. The zero-order valence-corrected chi connectivity index (χ0v) is 16.4. The molecule has 1 aliphatic rings. The maximum absolute atomic E-state index is 12.9. The topological polar surface area (TPSA) is 84.9 Å². The van der Waals surface area contributed by atoms with Gasteiger partial charge in [0.1, 0.15) is 11.3 Å². The molecule has 29 heavy (non-hydrogen) atoms. The Morgan fingerprint density at radius 2 is 1.79 bits per heavy atom. The summed E-state index contributed by atoms with van der Waals surface area (Å²) < 4.78 is 10.5. The lowest BCUT2D eigenvalue weighted by molar-refractivity contribution is -0.131. The molecule has 0 aromatic heterocycles. The van der Waals surface area contributed by atoms with E-state index in [4.69, 9.17) is 9.47 Å². The minimum absolute atomic E-state index is 0.0115. The van der Waals surface area contributed by atoms with Gasteiger partial charge in [-0.05, 0) is 29.7 Å². The molecule has 150 valence electrons. The molecule has 6 heteroatoms. The van der Waals surface area contributed by atoms with E-state index in [9.17, 15) is 14.7 Å². The Morgan fingerprint density at radius 1 is 1.10 bits per heavy atom. The fraction of sp³-hybridized carbons (Fsp3) is 0.217. The third kappa shape index (κ3) is 4.32. The number of unbranched alkanes of at least 4 members (excludes halogenated alkanes) is 1. The molecule has 0 spiro atoms. The van der Waals surface area contributed by atoms with E-state index < -0.39 is 11.9 Å². The van der Waals surface area contributed by atoms with E-state index in [1.165, 1.54) is 0 Å². The molecule has 0 fully saturated rings. The highest BCUT2D eigenvalue weighted by Crippen LogP contribution is 2.36. The number of amides is 1. The highest BCUT2D eigenvalue weighted by atomic mass is 16.6.